The SMILES string of the molecule is N[C@@H]1C[C@H]2C[C@@H]1[C@@H](NCc1cccc3c1CN(C1CCC(=O)NC1=O)C3=O)C2. The predicted molar refractivity (Wildman–Crippen MR) is 102 cm³/mol. The monoisotopic (exact) mass is 382 g/mol. The van der Waals surface area contributed by atoms with Gasteiger partial charge < -0.3 is 16.0 Å². The average molecular weight is 382 g/mol. The number of hydrogen-bond donors (Lipinski definition) is 3. The minimum atomic E-state index is -0.568. The molecular formula is C21H26N4O3. The molecule has 148 valence electrons. The zero-order valence-electron chi connectivity index (χ0n) is 15.8. The molecular weight excluding hydrogens is 356 g/mol. The maximum atomic E-state index is 12.9. The maximum absolute atomic E-state index is 12.9. The maximum Gasteiger partial charge on any atom is 0.255 e. The molecule has 7 heteroatoms. The Bertz CT molecular complexity index is 854. The summed E-state index contributed by atoms with van der Waals surface area (Å²) in [6.45, 7) is 1.13. The first-order valence-corrected chi connectivity index (χ1v) is 10.3. The lowest BCUT2D eigenvalue weighted by Crippen LogP contribution is -2.52. The fourth-order valence-electron chi connectivity index (χ4n) is 5.70. The summed E-state index contributed by atoms with van der Waals surface area (Å²) < 4.78 is 0. The molecule has 1 aromatic rings. The first-order chi connectivity index (χ1) is 13.5. The van der Waals surface area contributed by atoms with Gasteiger partial charge in [0.2, 0.25) is 11.8 Å². The van der Waals surface area contributed by atoms with Crippen LogP contribution in [0.1, 0.15) is 53.6 Å². The number of nitrogens with two attached hydrogens (primary N) is 1. The number of imide groups is 1. The molecule has 2 aliphatic heterocycles. The number of nitrogens with zero attached hydrogens (tertiary/aromatic N) is 1. The van der Waals surface area contributed by atoms with Gasteiger partial charge in [-0.1, -0.05) is 12.1 Å². The van der Waals surface area contributed by atoms with E-state index in [2.05, 4.69) is 16.7 Å². The van der Waals surface area contributed by atoms with Gasteiger partial charge in [0.1, 0.15) is 6.04 Å². The molecule has 2 bridgehead atoms. The normalized spacial score (nSPS) is 34.1. The lowest BCUT2D eigenvalue weighted by molar-refractivity contribution is -0.136. The molecule has 1 unspecified atom stereocenters. The molecule has 0 spiro atoms. The summed E-state index contributed by atoms with van der Waals surface area (Å²) in [6, 6.07) is 5.99. The van der Waals surface area contributed by atoms with Gasteiger partial charge in [-0.2, -0.15) is 0 Å². The Kier molecular flexibility index (Phi) is 4.25. The quantitative estimate of drug-likeness (QED) is 0.664. The van der Waals surface area contributed by atoms with Crippen LogP contribution in [0.2, 0.25) is 0 Å². The van der Waals surface area contributed by atoms with Gasteiger partial charge in [0.25, 0.3) is 5.91 Å². The highest BCUT2D eigenvalue weighted by Crippen LogP contribution is 2.44. The minimum Gasteiger partial charge on any atom is -0.327 e. The van der Waals surface area contributed by atoms with Crippen LogP contribution in [0.4, 0.5) is 0 Å². The van der Waals surface area contributed by atoms with E-state index in [1.165, 1.54) is 12.8 Å². The van der Waals surface area contributed by atoms with E-state index in [4.69, 9.17) is 5.73 Å². The van der Waals surface area contributed by atoms with Crippen molar-refractivity contribution < 1.29 is 14.4 Å². The highest BCUT2D eigenvalue weighted by Gasteiger charge is 2.44. The van der Waals surface area contributed by atoms with Crippen molar-refractivity contribution in [3.63, 3.8) is 0 Å². The van der Waals surface area contributed by atoms with Crippen molar-refractivity contribution in [2.24, 2.45) is 17.6 Å². The molecule has 7 nitrogen and oxygen atoms in total. The molecule has 5 rings (SSSR count). The van der Waals surface area contributed by atoms with E-state index in [9.17, 15) is 14.4 Å². The van der Waals surface area contributed by atoms with Crippen LogP contribution in [0.25, 0.3) is 0 Å². The van der Waals surface area contributed by atoms with E-state index in [-0.39, 0.29) is 24.1 Å². The van der Waals surface area contributed by atoms with Crippen molar-refractivity contribution in [3.8, 4) is 0 Å². The molecule has 0 aromatic heterocycles. The second-order valence-electron chi connectivity index (χ2n) is 8.73. The van der Waals surface area contributed by atoms with Crippen LogP contribution in [0.5, 0.6) is 0 Å². The van der Waals surface area contributed by atoms with Crippen molar-refractivity contribution in [3.05, 3.63) is 34.9 Å². The van der Waals surface area contributed by atoms with Gasteiger partial charge in [-0.15, -0.1) is 0 Å². The Labute approximate surface area is 164 Å². The van der Waals surface area contributed by atoms with Gasteiger partial charge in [-0.25, -0.2) is 0 Å². The third-order valence-electron chi connectivity index (χ3n) is 7.10. The van der Waals surface area contributed by atoms with Crippen molar-refractivity contribution in [1.82, 2.24) is 15.5 Å². The lowest BCUT2D eigenvalue weighted by atomic mass is 9.91. The standard InChI is InChI=1S/C21H26N4O3/c22-16-7-11-6-14(16)17(8-11)23-9-12-2-1-3-13-15(12)10-25(21(13)28)18-4-5-19(26)24-20(18)27/h1-3,11,14,16-18,23H,4-10,22H2,(H,24,26,27)/t11-,14+,16-,17+,18?/m1/s1. The second-order valence-corrected chi connectivity index (χ2v) is 8.73. The number of amides is 3. The number of hydrogen-bond acceptors (Lipinski definition) is 5. The summed E-state index contributed by atoms with van der Waals surface area (Å²) in [5.74, 6) is 0.563. The molecule has 3 amide bonds. The number of carbonyl (C=O) groups is 3. The summed E-state index contributed by atoms with van der Waals surface area (Å²) in [4.78, 5) is 38.2. The molecule has 1 aromatic carbocycles. The van der Waals surface area contributed by atoms with Crippen LogP contribution < -0.4 is 16.4 Å². The van der Waals surface area contributed by atoms with E-state index in [0.717, 1.165) is 23.5 Å². The van der Waals surface area contributed by atoms with Crippen LogP contribution in [0, 0.1) is 11.8 Å². The van der Waals surface area contributed by atoms with Gasteiger partial charge in [0.05, 0.1) is 0 Å². The van der Waals surface area contributed by atoms with Crippen LogP contribution in [0.15, 0.2) is 18.2 Å². The van der Waals surface area contributed by atoms with Gasteiger partial charge in [-0.05, 0) is 54.7 Å². The molecule has 4 N–H and O–H groups in total. The Morgan fingerprint density at radius 2 is 2.04 bits per heavy atom. The molecule has 28 heavy (non-hydrogen) atoms. The summed E-state index contributed by atoms with van der Waals surface area (Å²) >= 11 is 0. The van der Waals surface area contributed by atoms with Crippen molar-refractivity contribution in [2.45, 2.75) is 63.3 Å². The Hall–Kier alpha value is -2.25. The lowest BCUT2D eigenvalue weighted by Gasteiger charge is -2.29. The smallest absolute Gasteiger partial charge is 0.255 e. The first kappa shape index (κ1) is 17.8. The summed E-state index contributed by atoms with van der Waals surface area (Å²) in [5.41, 5.74) is 9.04. The highest BCUT2D eigenvalue weighted by molar-refractivity contribution is 6.05. The molecule has 1 saturated heterocycles. The van der Waals surface area contributed by atoms with E-state index < -0.39 is 6.04 Å². The molecule has 3 fully saturated rings. The topological polar surface area (TPSA) is 105 Å². The van der Waals surface area contributed by atoms with Crippen LogP contribution >= 0.6 is 0 Å². The number of rotatable bonds is 4. The number of benzene rings is 1. The van der Waals surface area contributed by atoms with Crippen molar-refractivity contribution in [2.75, 3.05) is 0 Å². The number of nitrogens with one attached hydrogen (secondary N) is 2. The average Bonchev–Trinajstić information content (AvgIpc) is 3.33. The largest absolute Gasteiger partial charge is 0.327 e. The fraction of sp³-hybridized carbons (Fsp3) is 0.571. The van der Waals surface area contributed by atoms with Crippen LogP contribution in [-0.2, 0) is 22.7 Å². The van der Waals surface area contributed by atoms with Crippen LogP contribution in [0.3, 0.4) is 0 Å². The molecule has 2 heterocycles. The third-order valence-corrected chi connectivity index (χ3v) is 7.10. The van der Waals surface area contributed by atoms with Crippen LogP contribution in [-0.4, -0.2) is 40.7 Å². The second kappa shape index (κ2) is 6.67. The van der Waals surface area contributed by atoms with E-state index >= 15 is 0 Å². The van der Waals surface area contributed by atoms with Gasteiger partial charge in [-0.3, -0.25) is 19.7 Å². The molecule has 2 saturated carbocycles. The Morgan fingerprint density at radius 3 is 2.79 bits per heavy atom. The minimum absolute atomic E-state index is 0.117. The van der Waals surface area contributed by atoms with Gasteiger partial charge in [0.15, 0.2) is 0 Å². The van der Waals surface area contributed by atoms with E-state index in [0.29, 0.717) is 43.1 Å². The van der Waals surface area contributed by atoms with E-state index in [1.807, 2.05) is 12.1 Å². The Balaban J connectivity index is 1.31. The van der Waals surface area contributed by atoms with E-state index in [1.54, 1.807) is 4.90 Å². The molecule has 4 aliphatic rings. The summed E-state index contributed by atoms with van der Waals surface area (Å²) in [5, 5.41) is 6.03. The van der Waals surface area contributed by atoms with Gasteiger partial charge in [0, 0.05) is 37.2 Å². The molecule has 0 radical (unpaired) electrons. The predicted octanol–water partition coefficient (Wildman–Crippen LogP) is 0.663. The fourth-order valence-corrected chi connectivity index (χ4v) is 5.70. The number of piperidine rings is 1. The zero-order valence-corrected chi connectivity index (χ0v) is 15.8. The van der Waals surface area contributed by atoms with Gasteiger partial charge >= 0.3 is 0 Å². The van der Waals surface area contributed by atoms with Crippen molar-refractivity contribution >= 4 is 17.7 Å². The van der Waals surface area contributed by atoms with Crippen molar-refractivity contribution in [1.29, 1.82) is 0 Å². The number of fused-ring (bicyclic) bond motifs is 3. The summed E-state index contributed by atoms with van der Waals surface area (Å²) in [6.07, 6.45) is 4.23. The highest BCUT2D eigenvalue weighted by atomic mass is 16.2. The summed E-state index contributed by atoms with van der Waals surface area (Å²) in [7, 11) is 0. The number of carbonyl (C=O) groups excluding carboxylic acids is 3. The third kappa shape index (κ3) is 2.84. The molecule has 2 aliphatic carbocycles. The first-order valence-electron chi connectivity index (χ1n) is 10.3. The zero-order chi connectivity index (χ0) is 19.4. The Morgan fingerprint density at radius 1 is 1.18 bits per heavy atom. The molecule has 5 atom stereocenters.